The molecule has 0 aliphatic rings. The zero-order chi connectivity index (χ0) is 13.3. The van der Waals surface area contributed by atoms with Crippen LogP contribution in [-0.2, 0) is 10.0 Å². The Balaban J connectivity index is 2.38. The van der Waals surface area contributed by atoms with Gasteiger partial charge in [-0.3, -0.25) is 9.82 Å². The Labute approximate surface area is 102 Å². The van der Waals surface area contributed by atoms with E-state index in [0.29, 0.717) is 5.69 Å². The van der Waals surface area contributed by atoms with Gasteiger partial charge in [0.15, 0.2) is 5.03 Å². The molecule has 18 heavy (non-hydrogen) atoms. The van der Waals surface area contributed by atoms with E-state index in [9.17, 15) is 13.2 Å². The number of nitrogens with one attached hydrogen (secondary N) is 3. The van der Waals surface area contributed by atoms with Crippen LogP contribution in [0.15, 0.2) is 23.4 Å². The molecular formula is C9H10N4O4S. The van der Waals surface area contributed by atoms with Crippen molar-refractivity contribution in [1.82, 2.24) is 15.2 Å². The molecule has 2 rings (SSSR count). The maximum Gasteiger partial charge on any atom is 0.354 e. The molecular weight excluding hydrogens is 260 g/mol. The van der Waals surface area contributed by atoms with Crippen LogP contribution in [0.2, 0.25) is 0 Å². The minimum absolute atomic E-state index is 0.0189. The average molecular weight is 270 g/mol. The first-order valence-electron chi connectivity index (χ1n) is 4.85. The predicted octanol–water partition coefficient (Wildman–Crippen LogP) is 0.545. The van der Waals surface area contributed by atoms with Gasteiger partial charge in [0.25, 0.3) is 10.0 Å². The third-order valence-corrected chi connectivity index (χ3v) is 3.47. The number of aromatic carboxylic acids is 1. The number of carboxylic acid groups (broad SMARTS) is 1. The van der Waals surface area contributed by atoms with Crippen molar-refractivity contribution in [2.24, 2.45) is 0 Å². The lowest BCUT2D eigenvalue weighted by Crippen LogP contribution is -2.15. The van der Waals surface area contributed by atoms with Crippen LogP contribution in [0.3, 0.4) is 0 Å². The molecule has 0 amide bonds. The first kappa shape index (κ1) is 12.2. The van der Waals surface area contributed by atoms with Gasteiger partial charge < -0.3 is 10.1 Å². The number of sulfonamides is 1. The number of aryl methyl sites for hydroxylation is 1. The highest BCUT2D eigenvalue weighted by Crippen LogP contribution is 2.20. The van der Waals surface area contributed by atoms with Crippen molar-refractivity contribution in [3.8, 4) is 0 Å². The summed E-state index contributed by atoms with van der Waals surface area (Å²) >= 11 is 0. The van der Waals surface area contributed by atoms with Crippen molar-refractivity contribution < 1.29 is 18.3 Å². The van der Waals surface area contributed by atoms with E-state index >= 15 is 0 Å². The van der Waals surface area contributed by atoms with Crippen molar-refractivity contribution in [3.05, 3.63) is 29.7 Å². The minimum atomic E-state index is -3.86. The molecule has 0 bridgehead atoms. The fraction of sp³-hybridized carbons (Fsp3) is 0.111. The van der Waals surface area contributed by atoms with Gasteiger partial charge in [0.2, 0.25) is 0 Å². The smallest absolute Gasteiger partial charge is 0.354 e. The minimum Gasteiger partial charge on any atom is -0.477 e. The molecule has 0 fully saturated rings. The molecule has 0 unspecified atom stereocenters. The maximum absolute atomic E-state index is 11.9. The van der Waals surface area contributed by atoms with Crippen LogP contribution < -0.4 is 4.72 Å². The normalized spacial score (nSPS) is 11.4. The molecule has 0 saturated heterocycles. The molecule has 0 spiro atoms. The van der Waals surface area contributed by atoms with E-state index in [-0.39, 0.29) is 16.4 Å². The van der Waals surface area contributed by atoms with Crippen LogP contribution in [0.5, 0.6) is 0 Å². The molecule has 0 radical (unpaired) electrons. The Morgan fingerprint density at radius 1 is 1.50 bits per heavy atom. The van der Waals surface area contributed by atoms with Crippen LogP contribution in [-0.4, -0.2) is 34.7 Å². The lowest BCUT2D eigenvalue weighted by molar-refractivity contribution is 0.0692. The largest absolute Gasteiger partial charge is 0.477 e. The standard InChI is InChI=1S/C9H10N4O4S/c1-5-4-6(8(11-5)9(14)15)13-18(16,17)7-2-3-10-12-7/h2-4,11,13H,1H3,(H,10,12)(H,14,15). The van der Waals surface area contributed by atoms with Gasteiger partial charge in [0.05, 0.1) is 11.9 Å². The van der Waals surface area contributed by atoms with Crippen molar-refractivity contribution in [3.63, 3.8) is 0 Å². The van der Waals surface area contributed by atoms with E-state index in [2.05, 4.69) is 19.9 Å². The molecule has 2 aromatic heterocycles. The number of hydrogen-bond acceptors (Lipinski definition) is 4. The third-order valence-electron chi connectivity index (χ3n) is 2.18. The lowest BCUT2D eigenvalue weighted by Gasteiger charge is -2.04. The molecule has 96 valence electrons. The summed E-state index contributed by atoms with van der Waals surface area (Å²) in [6.07, 6.45) is 1.29. The van der Waals surface area contributed by atoms with E-state index in [1.54, 1.807) is 6.92 Å². The highest BCUT2D eigenvalue weighted by molar-refractivity contribution is 7.92. The topological polar surface area (TPSA) is 128 Å². The van der Waals surface area contributed by atoms with Crippen LogP contribution in [0.1, 0.15) is 16.2 Å². The van der Waals surface area contributed by atoms with Crippen LogP contribution in [0.4, 0.5) is 5.69 Å². The first-order chi connectivity index (χ1) is 8.40. The van der Waals surface area contributed by atoms with E-state index < -0.39 is 16.0 Å². The Bertz CT molecular complexity index is 671. The molecule has 2 aromatic rings. The second kappa shape index (κ2) is 4.18. The Morgan fingerprint density at radius 2 is 2.22 bits per heavy atom. The highest BCUT2D eigenvalue weighted by atomic mass is 32.2. The van der Waals surface area contributed by atoms with Gasteiger partial charge in [-0.05, 0) is 19.1 Å². The van der Waals surface area contributed by atoms with Crippen LogP contribution >= 0.6 is 0 Å². The fourth-order valence-corrected chi connectivity index (χ4v) is 2.40. The predicted molar refractivity (Wildman–Crippen MR) is 61.9 cm³/mol. The van der Waals surface area contributed by atoms with Crippen molar-refractivity contribution >= 4 is 21.7 Å². The van der Waals surface area contributed by atoms with Crippen LogP contribution in [0, 0.1) is 6.92 Å². The maximum atomic E-state index is 11.9. The Morgan fingerprint density at radius 3 is 2.78 bits per heavy atom. The summed E-state index contributed by atoms with van der Waals surface area (Å²) < 4.78 is 25.9. The number of anilines is 1. The zero-order valence-corrected chi connectivity index (χ0v) is 10.1. The average Bonchev–Trinajstić information content (AvgIpc) is 2.86. The number of hydrogen-bond donors (Lipinski definition) is 4. The molecule has 9 heteroatoms. The number of nitrogens with zero attached hydrogens (tertiary/aromatic N) is 1. The number of aromatic nitrogens is 3. The molecule has 2 heterocycles. The highest BCUT2D eigenvalue weighted by Gasteiger charge is 2.21. The lowest BCUT2D eigenvalue weighted by atomic mass is 10.4. The number of carboxylic acids is 1. The summed E-state index contributed by atoms with van der Waals surface area (Å²) in [7, 11) is -3.86. The SMILES string of the molecule is Cc1cc(NS(=O)(=O)c2ccn[nH]2)c(C(=O)O)[nH]1. The third kappa shape index (κ3) is 2.20. The van der Waals surface area contributed by atoms with E-state index in [1.165, 1.54) is 18.3 Å². The summed E-state index contributed by atoms with van der Waals surface area (Å²) in [6.45, 7) is 1.63. The van der Waals surface area contributed by atoms with Crippen LogP contribution in [0.25, 0.3) is 0 Å². The summed E-state index contributed by atoms with van der Waals surface area (Å²) in [4.78, 5) is 13.5. The zero-order valence-electron chi connectivity index (χ0n) is 9.26. The van der Waals surface area contributed by atoms with Gasteiger partial charge in [-0.25, -0.2) is 4.79 Å². The summed E-state index contributed by atoms with van der Waals surface area (Å²) in [5.41, 5.74) is 0.305. The fourth-order valence-electron chi connectivity index (χ4n) is 1.43. The molecule has 0 aromatic carbocycles. The van der Waals surface area contributed by atoms with Gasteiger partial charge in [-0.1, -0.05) is 0 Å². The van der Waals surface area contributed by atoms with Crippen molar-refractivity contribution in [2.75, 3.05) is 4.72 Å². The second-order valence-corrected chi connectivity index (χ2v) is 5.22. The van der Waals surface area contributed by atoms with Gasteiger partial charge in [0.1, 0.15) is 5.69 Å². The van der Waals surface area contributed by atoms with E-state index in [4.69, 9.17) is 5.11 Å². The first-order valence-corrected chi connectivity index (χ1v) is 6.33. The number of carbonyl (C=O) groups is 1. The quantitative estimate of drug-likeness (QED) is 0.644. The van der Waals surface area contributed by atoms with Gasteiger partial charge in [-0.15, -0.1) is 0 Å². The number of H-pyrrole nitrogens is 2. The Hall–Kier alpha value is -2.29. The number of aromatic amines is 2. The second-order valence-electron chi connectivity index (χ2n) is 3.57. The van der Waals surface area contributed by atoms with Crippen molar-refractivity contribution in [2.45, 2.75) is 11.9 Å². The summed E-state index contributed by atoms with van der Waals surface area (Å²) in [6, 6.07) is 2.67. The van der Waals surface area contributed by atoms with Crippen molar-refractivity contribution in [1.29, 1.82) is 0 Å². The molecule has 0 atom stereocenters. The molecule has 0 aliphatic heterocycles. The molecule has 4 N–H and O–H groups in total. The summed E-state index contributed by atoms with van der Waals surface area (Å²) in [5.74, 6) is -1.24. The molecule has 0 saturated carbocycles. The van der Waals surface area contributed by atoms with Gasteiger partial charge in [0, 0.05) is 5.69 Å². The molecule has 8 nitrogen and oxygen atoms in total. The number of rotatable bonds is 4. The Kier molecular flexibility index (Phi) is 2.83. The summed E-state index contributed by atoms with van der Waals surface area (Å²) in [5, 5.41) is 14.6. The van der Waals surface area contributed by atoms with Gasteiger partial charge >= 0.3 is 5.97 Å². The van der Waals surface area contributed by atoms with E-state index in [0.717, 1.165) is 0 Å². The van der Waals surface area contributed by atoms with Gasteiger partial charge in [-0.2, -0.15) is 13.5 Å². The monoisotopic (exact) mass is 270 g/mol. The molecule has 0 aliphatic carbocycles. The van der Waals surface area contributed by atoms with E-state index in [1.807, 2.05) is 0 Å².